The van der Waals surface area contributed by atoms with Crippen molar-refractivity contribution in [1.82, 2.24) is 5.32 Å². The molecule has 0 aliphatic heterocycles. The predicted molar refractivity (Wildman–Crippen MR) is 77.4 cm³/mol. The van der Waals surface area contributed by atoms with Crippen LogP contribution in [-0.4, -0.2) is 35.8 Å². The first-order valence-corrected chi connectivity index (χ1v) is 7.46. The number of anilines is 1. The van der Waals surface area contributed by atoms with Crippen molar-refractivity contribution in [3.8, 4) is 0 Å². The summed E-state index contributed by atoms with van der Waals surface area (Å²) in [6.07, 6.45) is 2.39. The number of hydrogen-bond acceptors (Lipinski definition) is 3. The highest BCUT2D eigenvalue weighted by atomic mass is 35.5. The number of aliphatic hydroxyl groups excluding tert-OH is 1. The third-order valence-corrected chi connectivity index (χ3v) is 3.40. The molecule has 0 heterocycles. The summed E-state index contributed by atoms with van der Waals surface area (Å²) in [5.41, 5.74) is 0.325. The number of amides is 2. The second kappa shape index (κ2) is 8.24. The molecule has 0 bridgehead atoms. The minimum absolute atomic E-state index is 0.00107. The molecule has 3 N–H and O–H groups in total. The van der Waals surface area contributed by atoms with Gasteiger partial charge in [0.1, 0.15) is 5.82 Å². The topological polar surface area (TPSA) is 61.4 Å². The number of urea groups is 1. The molecule has 1 unspecified atom stereocenters. The third kappa shape index (κ3) is 5.67. The van der Waals surface area contributed by atoms with Crippen molar-refractivity contribution in [2.45, 2.75) is 12.5 Å². The third-order valence-electron chi connectivity index (χ3n) is 2.36. The number of rotatable bonds is 6. The normalized spacial score (nSPS) is 12.0. The van der Waals surface area contributed by atoms with Crippen LogP contribution in [0.1, 0.15) is 6.42 Å². The zero-order valence-corrected chi connectivity index (χ0v) is 12.0. The summed E-state index contributed by atoms with van der Waals surface area (Å²) >= 11 is 7.12. The van der Waals surface area contributed by atoms with Gasteiger partial charge in [0.25, 0.3) is 0 Å². The van der Waals surface area contributed by atoms with Crippen LogP contribution < -0.4 is 10.6 Å². The summed E-state index contributed by atoms with van der Waals surface area (Å²) in [5, 5.41) is 14.1. The smallest absolute Gasteiger partial charge is 0.319 e. The van der Waals surface area contributed by atoms with Crippen molar-refractivity contribution >= 4 is 35.1 Å². The molecule has 0 spiro atoms. The standard InChI is InChI=1S/C12H16ClFN2O2S/c1-19-7-9(4-5-17)16-12(18)15-8-2-3-10(13)11(14)6-8/h2-3,6,9,17H,4-5,7H2,1H3,(H2,15,16,18). The zero-order chi connectivity index (χ0) is 14.3. The summed E-state index contributed by atoms with van der Waals surface area (Å²) in [7, 11) is 0. The van der Waals surface area contributed by atoms with E-state index in [1.807, 2.05) is 6.26 Å². The molecule has 0 fully saturated rings. The fourth-order valence-corrected chi connectivity index (χ4v) is 2.25. The molecular formula is C12H16ClFN2O2S. The highest BCUT2D eigenvalue weighted by Crippen LogP contribution is 2.18. The molecule has 0 radical (unpaired) electrons. The van der Waals surface area contributed by atoms with Gasteiger partial charge in [0.2, 0.25) is 0 Å². The highest BCUT2D eigenvalue weighted by molar-refractivity contribution is 7.98. The lowest BCUT2D eigenvalue weighted by Crippen LogP contribution is -2.40. The van der Waals surface area contributed by atoms with Gasteiger partial charge in [-0.25, -0.2) is 9.18 Å². The van der Waals surface area contributed by atoms with Crippen LogP contribution in [0, 0.1) is 5.82 Å². The van der Waals surface area contributed by atoms with Crippen LogP contribution in [0.2, 0.25) is 5.02 Å². The van der Waals surface area contributed by atoms with E-state index >= 15 is 0 Å². The number of carbonyl (C=O) groups excluding carboxylic acids is 1. The summed E-state index contributed by atoms with van der Waals surface area (Å²) in [4.78, 5) is 11.7. The van der Waals surface area contributed by atoms with Gasteiger partial charge in [-0.2, -0.15) is 11.8 Å². The van der Waals surface area contributed by atoms with E-state index < -0.39 is 11.8 Å². The SMILES string of the molecule is CSCC(CCO)NC(=O)Nc1ccc(Cl)c(F)c1. The number of hydrogen-bond donors (Lipinski definition) is 3. The van der Waals surface area contributed by atoms with Crippen molar-refractivity contribution in [2.75, 3.05) is 23.9 Å². The molecule has 106 valence electrons. The molecule has 0 aliphatic carbocycles. The van der Waals surface area contributed by atoms with Gasteiger partial charge in [0.05, 0.1) is 5.02 Å². The first-order valence-electron chi connectivity index (χ1n) is 5.69. The Balaban J connectivity index is 2.55. The predicted octanol–water partition coefficient (Wildman–Crippen LogP) is 2.71. The second-order valence-electron chi connectivity index (χ2n) is 3.89. The molecule has 19 heavy (non-hydrogen) atoms. The van der Waals surface area contributed by atoms with Crippen LogP contribution in [0.4, 0.5) is 14.9 Å². The van der Waals surface area contributed by atoms with Crippen LogP contribution in [0.3, 0.4) is 0 Å². The Bertz CT molecular complexity index is 428. The maximum absolute atomic E-state index is 13.2. The van der Waals surface area contributed by atoms with Gasteiger partial charge in [0, 0.05) is 24.1 Å². The fraction of sp³-hybridized carbons (Fsp3) is 0.417. The van der Waals surface area contributed by atoms with E-state index in [0.717, 1.165) is 6.07 Å². The molecule has 7 heteroatoms. The van der Waals surface area contributed by atoms with Gasteiger partial charge in [-0.1, -0.05) is 11.6 Å². The van der Waals surface area contributed by atoms with Crippen LogP contribution in [0.25, 0.3) is 0 Å². The van der Waals surface area contributed by atoms with E-state index in [0.29, 0.717) is 17.9 Å². The van der Waals surface area contributed by atoms with Crippen molar-refractivity contribution in [3.05, 3.63) is 29.0 Å². The first-order chi connectivity index (χ1) is 9.06. The summed E-state index contributed by atoms with van der Waals surface area (Å²) in [6, 6.07) is 3.48. The number of aliphatic hydroxyl groups is 1. The Morgan fingerprint density at radius 2 is 2.32 bits per heavy atom. The van der Waals surface area contributed by atoms with Gasteiger partial charge < -0.3 is 15.7 Å². The van der Waals surface area contributed by atoms with Crippen LogP contribution in [0.15, 0.2) is 18.2 Å². The molecule has 1 atom stereocenters. The number of benzene rings is 1. The fourth-order valence-electron chi connectivity index (χ4n) is 1.48. The monoisotopic (exact) mass is 306 g/mol. The molecule has 0 saturated heterocycles. The molecule has 1 rings (SSSR count). The molecule has 0 saturated carbocycles. The summed E-state index contributed by atoms with van der Waals surface area (Å²) in [5.74, 6) is 0.110. The maximum Gasteiger partial charge on any atom is 0.319 e. The molecule has 0 aliphatic rings. The molecular weight excluding hydrogens is 291 g/mol. The van der Waals surface area contributed by atoms with Crippen LogP contribution in [0.5, 0.6) is 0 Å². The lowest BCUT2D eigenvalue weighted by molar-refractivity contribution is 0.241. The van der Waals surface area contributed by atoms with Crippen molar-refractivity contribution < 1.29 is 14.3 Å². The van der Waals surface area contributed by atoms with E-state index in [-0.39, 0.29) is 17.7 Å². The Morgan fingerprint density at radius 3 is 2.89 bits per heavy atom. The average molecular weight is 307 g/mol. The highest BCUT2D eigenvalue weighted by Gasteiger charge is 2.11. The van der Waals surface area contributed by atoms with Gasteiger partial charge in [-0.05, 0) is 30.9 Å². The van der Waals surface area contributed by atoms with Crippen molar-refractivity contribution in [3.63, 3.8) is 0 Å². The van der Waals surface area contributed by atoms with E-state index in [4.69, 9.17) is 16.7 Å². The molecule has 4 nitrogen and oxygen atoms in total. The van der Waals surface area contributed by atoms with Crippen molar-refractivity contribution in [2.24, 2.45) is 0 Å². The quantitative estimate of drug-likeness (QED) is 0.757. The Hall–Kier alpha value is -0.980. The summed E-state index contributed by atoms with van der Waals surface area (Å²) < 4.78 is 13.2. The van der Waals surface area contributed by atoms with Gasteiger partial charge in [-0.15, -0.1) is 0 Å². The minimum Gasteiger partial charge on any atom is -0.396 e. The van der Waals surface area contributed by atoms with Gasteiger partial charge in [0.15, 0.2) is 0 Å². The Morgan fingerprint density at radius 1 is 1.58 bits per heavy atom. The number of carbonyl (C=O) groups is 1. The zero-order valence-electron chi connectivity index (χ0n) is 10.5. The van der Waals surface area contributed by atoms with Gasteiger partial charge >= 0.3 is 6.03 Å². The largest absolute Gasteiger partial charge is 0.396 e. The van der Waals surface area contributed by atoms with E-state index in [1.54, 1.807) is 11.8 Å². The molecule has 0 aromatic heterocycles. The second-order valence-corrected chi connectivity index (χ2v) is 5.21. The van der Waals surface area contributed by atoms with Crippen LogP contribution >= 0.6 is 23.4 Å². The lowest BCUT2D eigenvalue weighted by Gasteiger charge is -2.17. The van der Waals surface area contributed by atoms with E-state index in [2.05, 4.69) is 10.6 Å². The number of halogens is 2. The van der Waals surface area contributed by atoms with Crippen LogP contribution in [-0.2, 0) is 0 Å². The molecule has 2 amide bonds. The summed E-state index contributed by atoms with van der Waals surface area (Å²) in [6.45, 7) is 0.00107. The molecule has 1 aromatic rings. The number of thioether (sulfide) groups is 1. The lowest BCUT2D eigenvalue weighted by atomic mass is 10.2. The maximum atomic E-state index is 13.2. The van der Waals surface area contributed by atoms with E-state index in [1.165, 1.54) is 12.1 Å². The Labute approximate surface area is 120 Å². The molecule has 1 aromatic carbocycles. The minimum atomic E-state index is -0.588. The van der Waals surface area contributed by atoms with E-state index in [9.17, 15) is 9.18 Å². The number of nitrogens with one attached hydrogen (secondary N) is 2. The van der Waals surface area contributed by atoms with Crippen molar-refractivity contribution in [1.29, 1.82) is 0 Å². The average Bonchev–Trinajstić information content (AvgIpc) is 2.34. The first kappa shape index (κ1) is 16.1. The Kier molecular flexibility index (Phi) is 6.97. The van der Waals surface area contributed by atoms with Gasteiger partial charge in [-0.3, -0.25) is 0 Å².